The van der Waals surface area contributed by atoms with E-state index < -0.39 is 0 Å². The largest absolute Gasteiger partial charge is 0.496 e. The lowest BCUT2D eigenvalue weighted by molar-refractivity contribution is -0.118. The lowest BCUT2D eigenvalue weighted by atomic mass is 10.1. The molecule has 7 heteroatoms. The number of benzene rings is 2. The summed E-state index contributed by atoms with van der Waals surface area (Å²) in [5.41, 5.74) is 2.18. The average molecular weight is 415 g/mol. The van der Waals surface area contributed by atoms with E-state index in [1.54, 1.807) is 18.1 Å². The van der Waals surface area contributed by atoms with Crippen molar-refractivity contribution in [3.63, 3.8) is 0 Å². The summed E-state index contributed by atoms with van der Waals surface area (Å²) < 4.78 is 25.9. The number of thiazole rings is 1. The number of carbonyl (C=O) groups excluding carboxylic acids is 1. The standard InChI is InChI=1S/C22H23FN2O3S/c1-14-11-15(8-9-18(14)27-2)12-20(26)25(13-16-5-4-10-28-16)22-24-21-17(23)6-3-7-19(21)29-22/h3,6-9,11,16H,4-5,10,12-13H2,1-2H3. The lowest BCUT2D eigenvalue weighted by Crippen LogP contribution is -2.38. The predicted octanol–water partition coefficient (Wildman–Crippen LogP) is 4.51. The van der Waals surface area contributed by atoms with Crippen LogP contribution in [-0.4, -0.2) is 37.3 Å². The van der Waals surface area contributed by atoms with Gasteiger partial charge in [0.05, 0.1) is 30.9 Å². The molecule has 0 radical (unpaired) electrons. The molecule has 1 fully saturated rings. The van der Waals surface area contributed by atoms with E-state index in [1.165, 1.54) is 17.4 Å². The smallest absolute Gasteiger partial charge is 0.233 e. The minimum atomic E-state index is -0.375. The molecule has 1 saturated heterocycles. The van der Waals surface area contributed by atoms with Crippen molar-refractivity contribution in [3.05, 3.63) is 53.3 Å². The van der Waals surface area contributed by atoms with Crippen molar-refractivity contribution >= 4 is 32.6 Å². The van der Waals surface area contributed by atoms with E-state index in [0.717, 1.165) is 34.4 Å². The number of aryl methyl sites for hydroxylation is 1. The predicted molar refractivity (Wildman–Crippen MR) is 112 cm³/mol. The van der Waals surface area contributed by atoms with Gasteiger partial charge in [0.1, 0.15) is 17.1 Å². The summed E-state index contributed by atoms with van der Waals surface area (Å²) in [6.45, 7) is 3.08. The van der Waals surface area contributed by atoms with Gasteiger partial charge in [-0.2, -0.15) is 0 Å². The summed E-state index contributed by atoms with van der Waals surface area (Å²) in [5, 5.41) is 0.510. The van der Waals surface area contributed by atoms with E-state index in [-0.39, 0.29) is 24.2 Å². The maximum absolute atomic E-state index is 14.1. The molecule has 4 rings (SSSR count). The zero-order valence-electron chi connectivity index (χ0n) is 16.5. The number of para-hydroxylation sites is 1. The summed E-state index contributed by atoms with van der Waals surface area (Å²) in [5.74, 6) is 0.337. The van der Waals surface area contributed by atoms with Crippen LogP contribution in [0.2, 0.25) is 0 Å². The molecule has 1 aliphatic rings. The van der Waals surface area contributed by atoms with Gasteiger partial charge in [-0.15, -0.1) is 0 Å². The van der Waals surface area contributed by atoms with Crippen LogP contribution in [0.5, 0.6) is 5.75 Å². The van der Waals surface area contributed by atoms with Gasteiger partial charge >= 0.3 is 0 Å². The van der Waals surface area contributed by atoms with Gasteiger partial charge in [0, 0.05) is 6.61 Å². The number of carbonyl (C=O) groups is 1. The Hall–Kier alpha value is -2.51. The van der Waals surface area contributed by atoms with Gasteiger partial charge in [0.15, 0.2) is 5.13 Å². The van der Waals surface area contributed by atoms with Crippen LogP contribution in [-0.2, 0) is 16.0 Å². The highest BCUT2D eigenvalue weighted by Gasteiger charge is 2.26. The zero-order valence-corrected chi connectivity index (χ0v) is 17.3. The Labute approximate surface area is 173 Å². The fourth-order valence-electron chi connectivity index (χ4n) is 3.62. The number of fused-ring (bicyclic) bond motifs is 1. The maximum Gasteiger partial charge on any atom is 0.233 e. The molecule has 5 nitrogen and oxygen atoms in total. The van der Waals surface area contributed by atoms with Gasteiger partial charge in [0.2, 0.25) is 5.91 Å². The fourth-order valence-corrected chi connectivity index (χ4v) is 4.62. The van der Waals surface area contributed by atoms with Crippen molar-refractivity contribution in [1.82, 2.24) is 4.98 Å². The normalized spacial score (nSPS) is 16.3. The summed E-state index contributed by atoms with van der Waals surface area (Å²) in [7, 11) is 1.63. The van der Waals surface area contributed by atoms with Gasteiger partial charge in [-0.05, 0) is 49.1 Å². The highest BCUT2D eigenvalue weighted by molar-refractivity contribution is 7.22. The Morgan fingerprint density at radius 2 is 2.24 bits per heavy atom. The SMILES string of the molecule is COc1ccc(CC(=O)N(CC2CCCO2)c2nc3c(F)cccc3s2)cc1C. The third-order valence-electron chi connectivity index (χ3n) is 5.12. The molecule has 1 aliphatic heterocycles. The third-order valence-corrected chi connectivity index (χ3v) is 6.16. The number of amides is 1. The van der Waals surface area contributed by atoms with E-state index in [1.807, 2.05) is 31.2 Å². The first-order valence-corrected chi connectivity index (χ1v) is 10.5. The zero-order chi connectivity index (χ0) is 20.4. The number of hydrogen-bond acceptors (Lipinski definition) is 5. The van der Waals surface area contributed by atoms with Crippen molar-refractivity contribution in [3.8, 4) is 5.75 Å². The Balaban J connectivity index is 1.62. The van der Waals surface area contributed by atoms with Crippen LogP contribution in [0, 0.1) is 12.7 Å². The Bertz CT molecular complexity index is 1030. The van der Waals surface area contributed by atoms with Crippen molar-refractivity contribution in [2.75, 3.05) is 25.2 Å². The van der Waals surface area contributed by atoms with Crippen LogP contribution in [0.4, 0.5) is 9.52 Å². The molecule has 0 saturated carbocycles. The number of aromatic nitrogens is 1. The minimum Gasteiger partial charge on any atom is -0.496 e. The second kappa shape index (κ2) is 8.47. The molecule has 0 spiro atoms. The average Bonchev–Trinajstić information content (AvgIpc) is 3.36. The van der Waals surface area contributed by atoms with E-state index in [0.29, 0.717) is 23.8 Å². The molecule has 1 unspecified atom stereocenters. The van der Waals surface area contributed by atoms with Gasteiger partial charge in [-0.3, -0.25) is 9.69 Å². The molecular weight excluding hydrogens is 391 g/mol. The van der Waals surface area contributed by atoms with Gasteiger partial charge < -0.3 is 9.47 Å². The Morgan fingerprint density at radius 1 is 1.38 bits per heavy atom. The summed E-state index contributed by atoms with van der Waals surface area (Å²) in [4.78, 5) is 19.3. The molecule has 0 N–H and O–H groups in total. The lowest BCUT2D eigenvalue weighted by Gasteiger charge is -2.23. The topological polar surface area (TPSA) is 51.7 Å². The van der Waals surface area contributed by atoms with E-state index in [4.69, 9.17) is 9.47 Å². The molecule has 2 aromatic carbocycles. The second-order valence-corrected chi connectivity index (χ2v) is 8.21. The Morgan fingerprint density at radius 3 is 2.93 bits per heavy atom. The summed E-state index contributed by atoms with van der Waals surface area (Å²) >= 11 is 1.33. The maximum atomic E-state index is 14.1. The molecule has 1 amide bonds. The second-order valence-electron chi connectivity index (χ2n) is 7.20. The van der Waals surface area contributed by atoms with Crippen LogP contribution in [0.15, 0.2) is 36.4 Å². The number of halogens is 1. The minimum absolute atomic E-state index is 0.0200. The van der Waals surface area contributed by atoms with Crippen molar-refractivity contribution in [1.29, 1.82) is 0 Å². The summed E-state index contributed by atoms with van der Waals surface area (Å²) in [6, 6.07) is 10.6. The highest BCUT2D eigenvalue weighted by Crippen LogP contribution is 2.32. The van der Waals surface area contributed by atoms with Crippen LogP contribution >= 0.6 is 11.3 Å². The molecule has 29 heavy (non-hydrogen) atoms. The molecular formula is C22H23FN2O3S. The molecule has 1 aromatic heterocycles. The van der Waals surface area contributed by atoms with Crippen LogP contribution < -0.4 is 9.64 Å². The third kappa shape index (κ3) is 4.26. The van der Waals surface area contributed by atoms with Gasteiger partial charge in [-0.1, -0.05) is 29.5 Å². The van der Waals surface area contributed by atoms with E-state index in [2.05, 4.69) is 4.98 Å². The monoisotopic (exact) mass is 414 g/mol. The molecule has 1 atom stereocenters. The van der Waals surface area contributed by atoms with E-state index in [9.17, 15) is 9.18 Å². The number of anilines is 1. The number of rotatable bonds is 6. The highest BCUT2D eigenvalue weighted by atomic mass is 32.1. The first-order chi connectivity index (χ1) is 14.0. The van der Waals surface area contributed by atoms with E-state index >= 15 is 0 Å². The quantitative estimate of drug-likeness (QED) is 0.596. The number of ether oxygens (including phenoxy) is 2. The van der Waals surface area contributed by atoms with Gasteiger partial charge in [0.25, 0.3) is 0 Å². The molecule has 3 aromatic rings. The fraction of sp³-hybridized carbons (Fsp3) is 0.364. The first kappa shape index (κ1) is 19.8. The van der Waals surface area contributed by atoms with Crippen molar-refractivity contribution < 1.29 is 18.7 Å². The summed E-state index contributed by atoms with van der Waals surface area (Å²) in [6.07, 6.45) is 2.10. The molecule has 2 heterocycles. The van der Waals surface area contributed by atoms with Crippen LogP contribution in [0.1, 0.15) is 24.0 Å². The number of methoxy groups -OCH3 is 1. The number of hydrogen-bond donors (Lipinski definition) is 0. The first-order valence-electron chi connectivity index (χ1n) is 9.65. The molecule has 0 aliphatic carbocycles. The van der Waals surface area contributed by atoms with Gasteiger partial charge in [-0.25, -0.2) is 9.37 Å². The van der Waals surface area contributed by atoms with Crippen LogP contribution in [0.3, 0.4) is 0 Å². The number of nitrogens with zero attached hydrogens (tertiary/aromatic N) is 2. The van der Waals surface area contributed by atoms with Crippen molar-refractivity contribution in [2.24, 2.45) is 0 Å². The molecule has 152 valence electrons. The van der Waals surface area contributed by atoms with Crippen LogP contribution in [0.25, 0.3) is 10.2 Å². The molecule has 0 bridgehead atoms. The van der Waals surface area contributed by atoms with Crippen molar-refractivity contribution in [2.45, 2.75) is 32.3 Å². The Kier molecular flexibility index (Phi) is 5.78.